The highest BCUT2D eigenvalue weighted by Gasteiger charge is 2.27. The van der Waals surface area contributed by atoms with Gasteiger partial charge in [-0.15, -0.1) is 0 Å². The second kappa shape index (κ2) is 6.15. The Morgan fingerprint density at radius 2 is 1.79 bits per heavy atom. The zero-order valence-corrected chi connectivity index (χ0v) is 11.7. The Morgan fingerprint density at radius 1 is 1.17 bits per heavy atom. The maximum absolute atomic E-state index is 10.7. The number of nitrogens with two attached hydrogens (primary N) is 1. The molecule has 0 aliphatic rings. The van der Waals surface area contributed by atoms with E-state index in [-0.39, 0.29) is 34.0 Å². The molecular formula is C14H5N7O3. The number of hydrogen-bond acceptors (Lipinski definition) is 9. The number of rotatable bonds is 3. The lowest BCUT2D eigenvalue weighted by atomic mass is 9.94. The van der Waals surface area contributed by atoms with E-state index < -0.39 is 16.7 Å². The molecule has 2 rings (SSSR count). The van der Waals surface area contributed by atoms with Gasteiger partial charge in [-0.25, -0.2) is 4.98 Å². The number of nitro groups is 1. The van der Waals surface area contributed by atoms with Crippen LogP contribution in [0.4, 0.5) is 11.7 Å². The molecule has 24 heavy (non-hydrogen) atoms. The van der Waals surface area contributed by atoms with Gasteiger partial charge in [0.2, 0.25) is 0 Å². The van der Waals surface area contributed by atoms with E-state index in [0.717, 1.165) is 6.07 Å². The Labute approximate surface area is 134 Å². The van der Waals surface area contributed by atoms with Gasteiger partial charge in [0.15, 0.2) is 5.92 Å². The zero-order valence-electron chi connectivity index (χ0n) is 11.7. The van der Waals surface area contributed by atoms with Crippen molar-refractivity contribution in [2.45, 2.75) is 5.92 Å². The van der Waals surface area contributed by atoms with E-state index in [4.69, 9.17) is 20.7 Å². The van der Waals surface area contributed by atoms with Crippen molar-refractivity contribution in [2.24, 2.45) is 0 Å². The molecule has 0 amide bonds. The number of nitrogens with zero attached hydrogens (tertiary/aromatic N) is 6. The predicted molar refractivity (Wildman–Crippen MR) is 76.4 cm³/mol. The smallest absolute Gasteiger partial charge is 0.401 e. The maximum Gasteiger partial charge on any atom is 0.433 e. The molecule has 10 nitrogen and oxygen atoms in total. The van der Waals surface area contributed by atoms with Crippen molar-refractivity contribution in [3.8, 4) is 35.6 Å². The van der Waals surface area contributed by atoms with E-state index in [1.807, 2.05) is 0 Å². The first-order chi connectivity index (χ1) is 11.5. The molecule has 0 atom stereocenters. The number of pyridine rings is 1. The number of hydrogen-bond donors (Lipinski definition) is 1. The van der Waals surface area contributed by atoms with Crippen LogP contribution in [-0.4, -0.2) is 9.91 Å². The van der Waals surface area contributed by atoms with Crippen molar-refractivity contribution in [1.29, 1.82) is 21.0 Å². The summed E-state index contributed by atoms with van der Waals surface area (Å²) in [5, 5.41) is 47.4. The lowest BCUT2D eigenvalue weighted by Crippen LogP contribution is -2.08. The number of furan rings is 1. The summed E-state index contributed by atoms with van der Waals surface area (Å²) in [5.41, 5.74) is 4.76. The van der Waals surface area contributed by atoms with E-state index in [9.17, 15) is 20.6 Å². The second-order valence-corrected chi connectivity index (χ2v) is 4.32. The molecule has 0 bridgehead atoms. The van der Waals surface area contributed by atoms with Gasteiger partial charge in [0.1, 0.15) is 34.2 Å². The molecule has 0 saturated carbocycles. The highest BCUT2D eigenvalue weighted by Crippen LogP contribution is 2.36. The normalized spacial score (nSPS) is 9.54. The summed E-state index contributed by atoms with van der Waals surface area (Å²) < 4.78 is 5.02. The number of nitriles is 4. The Bertz CT molecular complexity index is 997. The molecular weight excluding hydrogens is 314 g/mol. The topological polar surface area (TPSA) is 190 Å². The standard InChI is InChI=1S/C14H5N7O3/c15-3-7(4-16)13-8(5-17)12(9(6-18)14(19)20-13)10-1-2-11(24-10)21(22)23/h1-2,7H,(H2,19,20). The molecule has 0 radical (unpaired) electrons. The third-order valence-electron chi connectivity index (χ3n) is 3.03. The second-order valence-electron chi connectivity index (χ2n) is 4.32. The zero-order chi connectivity index (χ0) is 17.9. The van der Waals surface area contributed by atoms with Gasteiger partial charge in [0.25, 0.3) is 0 Å². The van der Waals surface area contributed by atoms with Crippen molar-refractivity contribution in [1.82, 2.24) is 4.98 Å². The van der Waals surface area contributed by atoms with Gasteiger partial charge in [-0.3, -0.25) is 10.1 Å². The van der Waals surface area contributed by atoms with Gasteiger partial charge in [-0.05, 0) is 6.07 Å². The molecule has 0 aliphatic carbocycles. The molecule has 2 heterocycles. The van der Waals surface area contributed by atoms with Gasteiger partial charge in [-0.2, -0.15) is 21.0 Å². The maximum atomic E-state index is 10.7. The highest BCUT2D eigenvalue weighted by molar-refractivity contribution is 5.79. The number of aromatic nitrogens is 1. The minimum atomic E-state index is -1.40. The Hall–Kier alpha value is -4.41. The van der Waals surface area contributed by atoms with Crippen LogP contribution in [0.25, 0.3) is 11.3 Å². The fourth-order valence-corrected chi connectivity index (χ4v) is 2.02. The molecule has 114 valence electrons. The van der Waals surface area contributed by atoms with Crippen LogP contribution in [0.1, 0.15) is 22.7 Å². The summed E-state index contributed by atoms with van der Waals surface area (Å²) in [6, 6.07) is 9.04. The molecule has 0 fully saturated rings. The van der Waals surface area contributed by atoms with Gasteiger partial charge in [0.05, 0.1) is 35.0 Å². The molecule has 10 heteroatoms. The van der Waals surface area contributed by atoms with E-state index in [0.29, 0.717) is 0 Å². The van der Waals surface area contributed by atoms with Crippen molar-refractivity contribution < 1.29 is 9.34 Å². The summed E-state index contributed by atoms with van der Waals surface area (Å²) in [4.78, 5) is 13.8. The fraction of sp³-hybridized carbons (Fsp3) is 0.0714. The summed E-state index contributed by atoms with van der Waals surface area (Å²) in [7, 11) is 0. The predicted octanol–water partition coefficient (Wildman–Crippen LogP) is 1.71. The Balaban J connectivity index is 2.90. The van der Waals surface area contributed by atoms with Crippen molar-refractivity contribution in [2.75, 3.05) is 5.73 Å². The van der Waals surface area contributed by atoms with Crippen molar-refractivity contribution in [3.05, 3.63) is 39.1 Å². The molecule has 0 unspecified atom stereocenters. The van der Waals surface area contributed by atoms with Gasteiger partial charge in [0, 0.05) is 0 Å². The number of anilines is 1. The van der Waals surface area contributed by atoms with Crippen molar-refractivity contribution in [3.63, 3.8) is 0 Å². The summed E-state index contributed by atoms with van der Waals surface area (Å²) in [6.45, 7) is 0. The molecule has 0 aliphatic heterocycles. The molecule has 2 aromatic rings. The first-order valence-corrected chi connectivity index (χ1v) is 6.15. The molecule has 2 N–H and O–H groups in total. The minimum Gasteiger partial charge on any atom is -0.401 e. The van der Waals surface area contributed by atoms with Crippen LogP contribution < -0.4 is 5.73 Å². The van der Waals surface area contributed by atoms with E-state index in [2.05, 4.69) is 4.98 Å². The summed E-state index contributed by atoms with van der Waals surface area (Å²) in [5.74, 6) is -2.50. The van der Waals surface area contributed by atoms with Crippen LogP contribution in [-0.2, 0) is 0 Å². The van der Waals surface area contributed by atoms with E-state index in [1.54, 1.807) is 24.3 Å². The largest absolute Gasteiger partial charge is 0.433 e. The molecule has 0 aromatic carbocycles. The molecule has 2 aromatic heterocycles. The Morgan fingerprint density at radius 3 is 2.25 bits per heavy atom. The molecule has 0 saturated heterocycles. The van der Waals surface area contributed by atoms with Crippen LogP contribution >= 0.6 is 0 Å². The van der Waals surface area contributed by atoms with Crippen LogP contribution in [0.15, 0.2) is 16.5 Å². The van der Waals surface area contributed by atoms with Gasteiger partial charge in [-0.1, -0.05) is 0 Å². The average Bonchev–Trinajstić information content (AvgIpc) is 3.05. The third kappa shape index (κ3) is 2.43. The summed E-state index contributed by atoms with van der Waals surface area (Å²) in [6.07, 6.45) is 0. The van der Waals surface area contributed by atoms with Crippen LogP contribution in [0.2, 0.25) is 0 Å². The van der Waals surface area contributed by atoms with Crippen LogP contribution in [0.5, 0.6) is 0 Å². The lowest BCUT2D eigenvalue weighted by molar-refractivity contribution is -0.401. The molecule has 0 spiro atoms. The SMILES string of the molecule is N#Cc1c(N)nc(C(C#N)C#N)c(C#N)c1-c1ccc([N+](=O)[O-])o1. The van der Waals surface area contributed by atoms with Gasteiger partial charge < -0.3 is 10.2 Å². The van der Waals surface area contributed by atoms with Gasteiger partial charge >= 0.3 is 5.88 Å². The average molecular weight is 319 g/mol. The fourth-order valence-electron chi connectivity index (χ4n) is 2.02. The quantitative estimate of drug-likeness (QED) is 0.647. The minimum absolute atomic E-state index is 0.147. The van der Waals surface area contributed by atoms with Crippen molar-refractivity contribution >= 4 is 11.7 Å². The Kier molecular flexibility index (Phi) is 4.09. The monoisotopic (exact) mass is 319 g/mol. The first kappa shape index (κ1) is 16.0. The lowest BCUT2D eigenvalue weighted by Gasteiger charge is -2.11. The van der Waals surface area contributed by atoms with Crippen LogP contribution in [0.3, 0.4) is 0 Å². The van der Waals surface area contributed by atoms with E-state index >= 15 is 0 Å². The summed E-state index contributed by atoms with van der Waals surface area (Å²) >= 11 is 0. The highest BCUT2D eigenvalue weighted by atomic mass is 16.6. The third-order valence-corrected chi connectivity index (χ3v) is 3.03. The number of nitrogen functional groups attached to an aromatic ring is 1. The van der Waals surface area contributed by atoms with Crippen LogP contribution in [0, 0.1) is 55.4 Å². The first-order valence-electron chi connectivity index (χ1n) is 6.15. The van der Waals surface area contributed by atoms with E-state index in [1.165, 1.54) is 6.07 Å².